The summed E-state index contributed by atoms with van der Waals surface area (Å²) in [5.74, 6) is -0.581. The molecule has 3 N–H and O–H groups in total. The topological polar surface area (TPSA) is 123 Å². The van der Waals surface area contributed by atoms with Crippen LogP contribution in [0.5, 0.6) is 0 Å². The monoisotopic (exact) mass is 420 g/mol. The van der Waals surface area contributed by atoms with E-state index in [0.717, 1.165) is 5.69 Å². The van der Waals surface area contributed by atoms with Crippen LogP contribution in [0.3, 0.4) is 0 Å². The molecule has 3 rings (SSSR count). The van der Waals surface area contributed by atoms with Crippen LogP contribution in [-0.2, 0) is 24.5 Å². The van der Waals surface area contributed by atoms with Crippen molar-refractivity contribution in [2.45, 2.75) is 77.2 Å². The van der Waals surface area contributed by atoms with E-state index in [9.17, 15) is 9.59 Å². The second kappa shape index (κ2) is 8.47. The molecule has 2 aliphatic rings. The van der Waals surface area contributed by atoms with Crippen molar-refractivity contribution < 1.29 is 24.2 Å². The average Bonchev–Trinajstić information content (AvgIpc) is 3.16. The lowest BCUT2D eigenvalue weighted by molar-refractivity contribution is -0.139. The lowest BCUT2D eigenvalue weighted by Crippen LogP contribution is -2.45. The van der Waals surface area contributed by atoms with Crippen LogP contribution in [0.4, 0.5) is 5.95 Å². The fourth-order valence-electron chi connectivity index (χ4n) is 3.92. The molecular formula is C21H32N4O5. The predicted molar refractivity (Wildman–Crippen MR) is 110 cm³/mol. The first-order valence-corrected chi connectivity index (χ1v) is 10.3. The number of nitrogens with one attached hydrogen (secondary N) is 2. The van der Waals surface area contributed by atoms with Gasteiger partial charge in [-0.3, -0.25) is 9.59 Å². The quantitative estimate of drug-likeness (QED) is 0.609. The highest BCUT2D eigenvalue weighted by Crippen LogP contribution is 2.30. The van der Waals surface area contributed by atoms with E-state index >= 15 is 0 Å². The number of aliphatic carboxylic acids is 1. The lowest BCUT2D eigenvalue weighted by atomic mass is 9.85. The minimum Gasteiger partial charge on any atom is -0.481 e. The molecular weight excluding hydrogens is 388 g/mol. The maximum atomic E-state index is 12.4. The third-order valence-corrected chi connectivity index (χ3v) is 5.41. The SMILES string of the molecule is CC(C)(CC(=O)O)CC(=O)N[C@H]1CO[C@H]2[C@H]1OC[C@H]2Nc1nccc(C(C)(C)C)n1. The van der Waals surface area contributed by atoms with Crippen molar-refractivity contribution in [1.82, 2.24) is 15.3 Å². The van der Waals surface area contributed by atoms with Crippen molar-refractivity contribution >= 4 is 17.8 Å². The Morgan fingerprint density at radius 1 is 1.10 bits per heavy atom. The number of nitrogens with zero attached hydrogens (tertiary/aromatic N) is 2. The molecule has 0 radical (unpaired) electrons. The van der Waals surface area contributed by atoms with Crippen molar-refractivity contribution in [2.24, 2.45) is 5.41 Å². The number of anilines is 1. The van der Waals surface area contributed by atoms with Crippen LogP contribution >= 0.6 is 0 Å². The van der Waals surface area contributed by atoms with Crippen LogP contribution in [-0.4, -0.2) is 64.5 Å². The molecule has 0 aromatic carbocycles. The van der Waals surface area contributed by atoms with E-state index in [-0.39, 0.29) is 48.5 Å². The Kier molecular flexibility index (Phi) is 6.33. The summed E-state index contributed by atoms with van der Waals surface area (Å²) in [4.78, 5) is 32.3. The number of amides is 1. The Morgan fingerprint density at radius 3 is 2.37 bits per heavy atom. The molecule has 1 amide bonds. The van der Waals surface area contributed by atoms with E-state index in [1.807, 2.05) is 6.07 Å². The Labute approximate surface area is 177 Å². The number of rotatable bonds is 7. The molecule has 0 unspecified atom stereocenters. The maximum Gasteiger partial charge on any atom is 0.303 e. The number of aromatic nitrogens is 2. The fourth-order valence-corrected chi connectivity index (χ4v) is 3.92. The van der Waals surface area contributed by atoms with Crippen molar-refractivity contribution in [3.8, 4) is 0 Å². The van der Waals surface area contributed by atoms with Gasteiger partial charge in [0, 0.05) is 18.0 Å². The van der Waals surface area contributed by atoms with Gasteiger partial charge in [0.15, 0.2) is 0 Å². The number of hydrogen-bond donors (Lipinski definition) is 3. The number of ether oxygens (including phenoxy) is 2. The summed E-state index contributed by atoms with van der Waals surface area (Å²) in [7, 11) is 0. The smallest absolute Gasteiger partial charge is 0.303 e. The number of carboxylic acid groups (broad SMARTS) is 1. The van der Waals surface area contributed by atoms with Gasteiger partial charge < -0.3 is 25.2 Å². The first-order valence-electron chi connectivity index (χ1n) is 10.3. The van der Waals surface area contributed by atoms with Crippen molar-refractivity contribution in [2.75, 3.05) is 18.5 Å². The summed E-state index contributed by atoms with van der Waals surface area (Å²) in [5.41, 5.74) is 0.240. The van der Waals surface area contributed by atoms with Crippen LogP contribution in [0.25, 0.3) is 0 Å². The predicted octanol–water partition coefficient (Wildman–Crippen LogP) is 1.73. The van der Waals surface area contributed by atoms with Gasteiger partial charge in [0.05, 0.1) is 37.4 Å². The third kappa shape index (κ3) is 5.46. The molecule has 1 aromatic heterocycles. The first-order chi connectivity index (χ1) is 13.9. The van der Waals surface area contributed by atoms with E-state index in [1.165, 1.54) is 0 Å². The molecule has 166 valence electrons. The van der Waals surface area contributed by atoms with E-state index in [2.05, 4.69) is 41.4 Å². The van der Waals surface area contributed by atoms with E-state index in [4.69, 9.17) is 14.6 Å². The van der Waals surface area contributed by atoms with Crippen molar-refractivity contribution in [3.63, 3.8) is 0 Å². The molecule has 2 saturated heterocycles. The molecule has 0 bridgehead atoms. The second-order valence-electron chi connectivity index (χ2n) is 9.95. The Hall–Kier alpha value is -2.26. The Morgan fingerprint density at radius 2 is 1.73 bits per heavy atom. The van der Waals surface area contributed by atoms with Gasteiger partial charge in [-0.05, 0) is 11.5 Å². The molecule has 3 heterocycles. The normalized spacial score (nSPS) is 26.3. The summed E-state index contributed by atoms with van der Waals surface area (Å²) in [5, 5.41) is 15.3. The highest BCUT2D eigenvalue weighted by atomic mass is 16.6. The van der Waals surface area contributed by atoms with Gasteiger partial charge in [-0.15, -0.1) is 0 Å². The van der Waals surface area contributed by atoms with Crippen LogP contribution in [0, 0.1) is 5.41 Å². The van der Waals surface area contributed by atoms with Gasteiger partial charge in [-0.2, -0.15) is 0 Å². The maximum absolute atomic E-state index is 12.4. The molecule has 2 aliphatic heterocycles. The number of carboxylic acids is 1. The molecule has 2 fully saturated rings. The van der Waals surface area contributed by atoms with Gasteiger partial charge in [0.1, 0.15) is 12.2 Å². The van der Waals surface area contributed by atoms with Crippen LogP contribution in [0.2, 0.25) is 0 Å². The summed E-state index contributed by atoms with van der Waals surface area (Å²) in [6.07, 6.45) is 1.32. The minimum atomic E-state index is -0.914. The van der Waals surface area contributed by atoms with Crippen LogP contribution in [0.1, 0.15) is 53.2 Å². The largest absolute Gasteiger partial charge is 0.481 e. The molecule has 0 saturated carbocycles. The molecule has 1 aromatic rings. The zero-order valence-corrected chi connectivity index (χ0v) is 18.3. The average molecular weight is 421 g/mol. The van der Waals surface area contributed by atoms with Gasteiger partial charge in [0.2, 0.25) is 11.9 Å². The number of fused-ring (bicyclic) bond motifs is 1. The van der Waals surface area contributed by atoms with Gasteiger partial charge in [-0.1, -0.05) is 34.6 Å². The van der Waals surface area contributed by atoms with Crippen molar-refractivity contribution in [1.29, 1.82) is 0 Å². The summed E-state index contributed by atoms with van der Waals surface area (Å²) >= 11 is 0. The lowest BCUT2D eigenvalue weighted by Gasteiger charge is -2.24. The van der Waals surface area contributed by atoms with Crippen LogP contribution < -0.4 is 10.6 Å². The van der Waals surface area contributed by atoms with Crippen LogP contribution in [0.15, 0.2) is 12.3 Å². The molecule has 0 aliphatic carbocycles. The highest BCUT2D eigenvalue weighted by molar-refractivity contribution is 5.78. The van der Waals surface area contributed by atoms with Gasteiger partial charge >= 0.3 is 5.97 Å². The minimum absolute atomic E-state index is 0.0657. The summed E-state index contributed by atoms with van der Waals surface area (Å²) < 4.78 is 11.8. The van der Waals surface area contributed by atoms with Gasteiger partial charge in [0.25, 0.3) is 0 Å². The molecule has 0 spiro atoms. The molecule has 30 heavy (non-hydrogen) atoms. The fraction of sp³-hybridized carbons (Fsp3) is 0.714. The summed E-state index contributed by atoms with van der Waals surface area (Å²) in [6, 6.07) is 1.52. The summed E-state index contributed by atoms with van der Waals surface area (Å²) in [6.45, 7) is 10.6. The van der Waals surface area contributed by atoms with Gasteiger partial charge in [-0.25, -0.2) is 9.97 Å². The van der Waals surface area contributed by atoms with Crippen molar-refractivity contribution in [3.05, 3.63) is 18.0 Å². The molecule has 4 atom stereocenters. The molecule has 9 nitrogen and oxygen atoms in total. The Bertz CT molecular complexity index is 792. The Balaban J connectivity index is 1.57. The first kappa shape index (κ1) is 22.4. The standard InChI is InChI=1S/C21H32N4O5/c1-20(2,3)14-6-7-22-19(25-14)24-13-11-30-17-12(10-29-18(13)17)23-15(26)8-21(4,5)9-16(27)28/h6-7,12-13,17-18H,8-11H2,1-5H3,(H,23,26)(H,27,28)(H,22,24,25)/t12-,13+,17-,18+/m0/s1. The van der Waals surface area contributed by atoms with E-state index in [0.29, 0.717) is 19.2 Å². The third-order valence-electron chi connectivity index (χ3n) is 5.41. The molecule has 9 heteroatoms. The number of hydrogen-bond acceptors (Lipinski definition) is 7. The highest BCUT2D eigenvalue weighted by Gasteiger charge is 2.48. The van der Waals surface area contributed by atoms with E-state index < -0.39 is 11.4 Å². The zero-order chi connectivity index (χ0) is 22.1. The van der Waals surface area contributed by atoms with E-state index in [1.54, 1.807) is 20.0 Å². The zero-order valence-electron chi connectivity index (χ0n) is 18.3. The number of carbonyl (C=O) groups excluding carboxylic acids is 1. The second-order valence-corrected chi connectivity index (χ2v) is 9.95. The number of carbonyl (C=O) groups is 2.